The second-order valence-electron chi connectivity index (χ2n) is 4.04. The van der Waals surface area contributed by atoms with E-state index in [2.05, 4.69) is 8.75 Å². The number of hydrogen-bond donors (Lipinski definition) is 1. The molecule has 1 aromatic carbocycles. The predicted octanol–water partition coefficient (Wildman–Crippen LogP) is 2.83. The van der Waals surface area contributed by atoms with Gasteiger partial charge in [-0.25, -0.2) is 4.79 Å². The van der Waals surface area contributed by atoms with E-state index in [9.17, 15) is 4.79 Å². The molecule has 0 saturated carbocycles. The van der Waals surface area contributed by atoms with Crippen LogP contribution in [0.25, 0.3) is 11.3 Å². The molecule has 2 aromatic rings. The van der Waals surface area contributed by atoms with E-state index >= 15 is 0 Å². The van der Waals surface area contributed by atoms with Crippen molar-refractivity contribution in [1.29, 1.82) is 0 Å². The van der Waals surface area contributed by atoms with Gasteiger partial charge < -0.3 is 5.11 Å². The predicted molar refractivity (Wildman–Crippen MR) is 66.5 cm³/mol. The van der Waals surface area contributed by atoms with Crippen LogP contribution in [-0.2, 0) is 0 Å². The fraction of sp³-hybridized carbons (Fsp3) is 0.250. The largest absolute Gasteiger partial charge is 0.476 e. The Balaban J connectivity index is 2.69. The molecule has 1 N–H and O–H groups in total. The minimum atomic E-state index is -1.03. The molecule has 0 aliphatic rings. The van der Waals surface area contributed by atoms with Crippen molar-refractivity contribution in [2.45, 2.75) is 20.8 Å². The SMILES string of the molecule is Cc1cc(C)c(-c2nsnc2C(=O)O)c(C)c1. The van der Waals surface area contributed by atoms with Crippen molar-refractivity contribution in [2.24, 2.45) is 0 Å². The average Bonchev–Trinajstić information content (AvgIpc) is 2.64. The topological polar surface area (TPSA) is 63.1 Å². The fourth-order valence-corrected chi connectivity index (χ4v) is 2.59. The van der Waals surface area contributed by atoms with Gasteiger partial charge in [0.1, 0.15) is 5.69 Å². The number of carboxylic acid groups (broad SMARTS) is 1. The van der Waals surface area contributed by atoms with Gasteiger partial charge in [0, 0.05) is 5.56 Å². The van der Waals surface area contributed by atoms with Gasteiger partial charge in [0.05, 0.1) is 11.7 Å². The maximum atomic E-state index is 11.0. The highest BCUT2D eigenvalue weighted by Gasteiger charge is 2.19. The van der Waals surface area contributed by atoms with E-state index in [0.29, 0.717) is 5.69 Å². The van der Waals surface area contributed by atoms with Crippen LogP contribution in [0.4, 0.5) is 0 Å². The van der Waals surface area contributed by atoms with Crippen LogP contribution >= 0.6 is 11.7 Å². The molecule has 1 aromatic heterocycles. The second-order valence-corrected chi connectivity index (χ2v) is 4.57. The zero-order chi connectivity index (χ0) is 12.6. The van der Waals surface area contributed by atoms with E-state index < -0.39 is 5.97 Å². The van der Waals surface area contributed by atoms with Crippen molar-refractivity contribution < 1.29 is 9.90 Å². The van der Waals surface area contributed by atoms with Crippen molar-refractivity contribution in [2.75, 3.05) is 0 Å². The summed E-state index contributed by atoms with van der Waals surface area (Å²) in [5.74, 6) is -1.03. The smallest absolute Gasteiger partial charge is 0.357 e. The Morgan fingerprint density at radius 1 is 1.18 bits per heavy atom. The average molecular weight is 248 g/mol. The molecule has 0 unspecified atom stereocenters. The third kappa shape index (κ3) is 2.06. The molecule has 0 aliphatic heterocycles. The van der Waals surface area contributed by atoms with Gasteiger partial charge in [-0.05, 0) is 31.9 Å². The molecule has 1 heterocycles. The monoisotopic (exact) mass is 248 g/mol. The summed E-state index contributed by atoms with van der Waals surface area (Å²) in [6, 6.07) is 4.04. The quantitative estimate of drug-likeness (QED) is 0.887. The lowest BCUT2D eigenvalue weighted by molar-refractivity contribution is 0.0692. The molecule has 88 valence electrons. The van der Waals surface area contributed by atoms with E-state index in [1.807, 2.05) is 32.9 Å². The normalized spacial score (nSPS) is 10.5. The van der Waals surface area contributed by atoms with Crippen LogP contribution in [0.1, 0.15) is 27.2 Å². The first kappa shape index (κ1) is 11.7. The third-order valence-electron chi connectivity index (χ3n) is 2.60. The molecular formula is C12H12N2O2S. The molecule has 0 amide bonds. The van der Waals surface area contributed by atoms with E-state index in [-0.39, 0.29) is 5.69 Å². The molecule has 0 fully saturated rings. The summed E-state index contributed by atoms with van der Waals surface area (Å²) in [6.07, 6.45) is 0. The van der Waals surface area contributed by atoms with Crippen LogP contribution < -0.4 is 0 Å². The van der Waals surface area contributed by atoms with Crippen molar-refractivity contribution in [3.63, 3.8) is 0 Å². The van der Waals surface area contributed by atoms with Gasteiger partial charge in [-0.1, -0.05) is 17.7 Å². The summed E-state index contributed by atoms with van der Waals surface area (Å²) in [7, 11) is 0. The van der Waals surface area contributed by atoms with Crippen LogP contribution in [0, 0.1) is 20.8 Å². The van der Waals surface area contributed by atoms with Crippen LogP contribution in [-0.4, -0.2) is 19.8 Å². The van der Waals surface area contributed by atoms with E-state index in [1.54, 1.807) is 0 Å². The molecule has 4 nitrogen and oxygen atoms in total. The minimum absolute atomic E-state index is 0.0325. The first-order valence-electron chi connectivity index (χ1n) is 5.14. The number of aromatic carboxylic acids is 1. The maximum Gasteiger partial charge on any atom is 0.357 e. The van der Waals surface area contributed by atoms with Crippen LogP contribution in [0.2, 0.25) is 0 Å². The number of benzene rings is 1. The molecule has 0 saturated heterocycles. The van der Waals surface area contributed by atoms with Gasteiger partial charge in [-0.2, -0.15) is 8.75 Å². The molecule has 0 spiro atoms. The van der Waals surface area contributed by atoms with Crippen molar-refractivity contribution in [1.82, 2.24) is 8.75 Å². The number of aryl methyl sites for hydroxylation is 3. The summed E-state index contributed by atoms with van der Waals surface area (Å²) in [6.45, 7) is 5.93. The molecule has 2 rings (SSSR count). The first-order valence-corrected chi connectivity index (χ1v) is 5.88. The summed E-state index contributed by atoms with van der Waals surface area (Å²) < 4.78 is 7.94. The highest BCUT2D eigenvalue weighted by Crippen LogP contribution is 2.29. The molecule has 5 heteroatoms. The van der Waals surface area contributed by atoms with Gasteiger partial charge in [-0.3, -0.25) is 0 Å². The van der Waals surface area contributed by atoms with Gasteiger partial charge >= 0.3 is 5.97 Å². The number of nitrogens with zero attached hydrogens (tertiary/aromatic N) is 2. The molecule has 0 aliphatic carbocycles. The Hall–Kier alpha value is -1.75. The number of carbonyl (C=O) groups is 1. The Kier molecular flexibility index (Phi) is 2.93. The highest BCUT2D eigenvalue weighted by atomic mass is 32.1. The minimum Gasteiger partial charge on any atom is -0.476 e. The lowest BCUT2D eigenvalue weighted by Gasteiger charge is -2.09. The number of rotatable bonds is 2. The zero-order valence-corrected chi connectivity index (χ0v) is 10.6. The summed E-state index contributed by atoms with van der Waals surface area (Å²) >= 11 is 0.930. The van der Waals surface area contributed by atoms with Crippen LogP contribution in [0.5, 0.6) is 0 Å². The lowest BCUT2D eigenvalue weighted by atomic mass is 9.96. The molecule has 0 radical (unpaired) electrons. The number of carboxylic acids is 1. The first-order chi connectivity index (χ1) is 8.00. The number of aromatic nitrogens is 2. The van der Waals surface area contributed by atoms with Gasteiger partial charge in [0.2, 0.25) is 0 Å². The van der Waals surface area contributed by atoms with Crippen LogP contribution in [0.3, 0.4) is 0 Å². The molecular weight excluding hydrogens is 236 g/mol. The lowest BCUT2D eigenvalue weighted by Crippen LogP contribution is -2.01. The Labute approximate surface area is 103 Å². The fourth-order valence-electron chi connectivity index (χ4n) is 2.05. The van der Waals surface area contributed by atoms with Crippen molar-refractivity contribution in [3.05, 3.63) is 34.5 Å². The summed E-state index contributed by atoms with van der Waals surface area (Å²) in [5, 5.41) is 9.06. The Morgan fingerprint density at radius 2 is 1.76 bits per heavy atom. The van der Waals surface area contributed by atoms with E-state index in [4.69, 9.17) is 5.11 Å². The van der Waals surface area contributed by atoms with Crippen molar-refractivity contribution in [3.8, 4) is 11.3 Å². The second kappa shape index (κ2) is 4.25. The van der Waals surface area contributed by atoms with Crippen molar-refractivity contribution >= 4 is 17.7 Å². The summed E-state index contributed by atoms with van der Waals surface area (Å²) in [5.41, 5.74) is 4.59. The molecule has 0 bridgehead atoms. The van der Waals surface area contributed by atoms with E-state index in [1.165, 1.54) is 0 Å². The Morgan fingerprint density at radius 3 is 2.29 bits per heavy atom. The van der Waals surface area contributed by atoms with E-state index in [0.717, 1.165) is 34.0 Å². The molecule has 0 atom stereocenters. The van der Waals surface area contributed by atoms with Gasteiger partial charge in [0.15, 0.2) is 5.69 Å². The zero-order valence-electron chi connectivity index (χ0n) is 9.81. The maximum absolute atomic E-state index is 11.0. The third-order valence-corrected chi connectivity index (χ3v) is 3.13. The Bertz CT molecular complexity index is 567. The highest BCUT2D eigenvalue weighted by molar-refractivity contribution is 6.99. The van der Waals surface area contributed by atoms with Gasteiger partial charge in [-0.15, -0.1) is 0 Å². The summed E-state index contributed by atoms with van der Waals surface area (Å²) in [4.78, 5) is 11.0. The standard InChI is InChI=1S/C12H12N2O2S/c1-6-4-7(2)9(8(3)5-6)10-11(12(15)16)14-17-13-10/h4-5H,1-3H3,(H,15,16). The van der Waals surface area contributed by atoms with Crippen LogP contribution in [0.15, 0.2) is 12.1 Å². The van der Waals surface area contributed by atoms with Gasteiger partial charge in [0.25, 0.3) is 0 Å². The number of hydrogen-bond acceptors (Lipinski definition) is 4. The molecule has 17 heavy (non-hydrogen) atoms.